The molecule has 0 atom stereocenters. The van der Waals surface area contributed by atoms with Gasteiger partial charge < -0.3 is 29.0 Å². The lowest BCUT2D eigenvalue weighted by atomic mass is 10.1. The summed E-state index contributed by atoms with van der Waals surface area (Å²) in [6, 6.07) is 11.3. The fourth-order valence-electron chi connectivity index (χ4n) is 2.99. The number of hydrogen-bond donors (Lipinski definition) is 1. The Morgan fingerprint density at radius 3 is 2.12 bits per heavy atom. The van der Waals surface area contributed by atoms with E-state index >= 15 is 0 Å². The third kappa shape index (κ3) is 4.71. The Balaban J connectivity index is 1.88. The number of anilines is 1. The molecule has 3 aromatic rings. The van der Waals surface area contributed by atoms with Gasteiger partial charge in [0.05, 0.1) is 41.2 Å². The normalized spacial score (nSPS) is 10.8. The first-order valence-corrected chi connectivity index (χ1v) is 10.3. The number of thiazole rings is 1. The van der Waals surface area contributed by atoms with Crippen LogP contribution in [-0.4, -0.2) is 40.5 Å². The smallest absolute Gasteiger partial charge is 0.203 e. The van der Waals surface area contributed by atoms with Crippen LogP contribution in [0.3, 0.4) is 0 Å². The van der Waals surface area contributed by atoms with E-state index in [9.17, 15) is 5.26 Å². The highest BCUT2D eigenvalue weighted by atomic mass is 32.1. The highest BCUT2D eigenvalue weighted by molar-refractivity contribution is 7.11. The molecule has 9 heteroatoms. The summed E-state index contributed by atoms with van der Waals surface area (Å²) in [6.45, 7) is 0. The molecule has 1 aromatic heterocycles. The third-order valence-corrected chi connectivity index (χ3v) is 5.46. The highest BCUT2D eigenvalue weighted by Gasteiger charge is 2.14. The van der Waals surface area contributed by atoms with Crippen LogP contribution in [0.4, 0.5) is 5.69 Å². The lowest BCUT2D eigenvalue weighted by molar-refractivity contribution is 0.324. The molecule has 1 heterocycles. The predicted octanol–water partition coefficient (Wildman–Crippen LogP) is 4.83. The number of nitriles is 1. The minimum absolute atomic E-state index is 0.385. The van der Waals surface area contributed by atoms with E-state index in [2.05, 4.69) is 16.4 Å². The predicted molar refractivity (Wildman–Crippen MR) is 124 cm³/mol. The summed E-state index contributed by atoms with van der Waals surface area (Å²) in [6.07, 6.45) is 1.60. The number of nitrogens with one attached hydrogen (secondary N) is 1. The van der Waals surface area contributed by atoms with Crippen LogP contribution >= 0.6 is 11.3 Å². The van der Waals surface area contributed by atoms with Crippen molar-refractivity contribution in [1.82, 2.24) is 4.98 Å². The molecule has 0 aliphatic rings. The number of benzene rings is 2. The first-order chi connectivity index (χ1) is 15.6. The summed E-state index contributed by atoms with van der Waals surface area (Å²) < 4.78 is 26.7. The molecule has 32 heavy (non-hydrogen) atoms. The summed E-state index contributed by atoms with van der Waals surface area (Å²) >= 11 is 1.37. The SMILES string of the molecule is COc1ccc(-c2csc(/C(C#N)=C/Nc3cc(OC)c(OC)c(OC)c3)n2)cc1OC. The average Bonchev–Trinajstić information content (AvgIpc) is 3.33. The number of rotatable bonds is 9. The lowest BCUT2D eigenvalue weighted by Crippen LogP contribution is -1.98. The van der Waals surface area contributed by atoms with Gasteiger partial charge in [0, 0.05) is 35.0 Å². The number of methoxy groups -OCH3 is 5. The highest BCUT2D eigenvalue weighted by Crippen LogP contribution is 2.40. The molecular weight excluding hydrogens is 430 g/mol. The Bertz CT molecular complexity index is 1140. The Kier molecular flexibility index (Phi) is 7.41. The molecule has 0 aliphatic heterocycles. The summed E-state index contributed by atoms with van der Waals surface area (Å²) in [5, 5.41) is 15.3. The zero-order valence-corrected chi connectivity index (χ0v) is 19.2. The molecule has 1 N–H and O–H groups in total. The van der Waals surface area contributed by atoms with Crippen LogP contribution in [-0.2, 0) is 0 Å². The van der Waals surface area contributed by atoms with E-state index in [0.717, 1.165) is 11.3 Å². The maximum atomic E-state index is 9.67. The van der Waals surface area contributed by atoms with Crippen molar-refractivity contribution < 1.29 is 23.7 Å². The van der Waals surface area contributed by atoms with Crippen LogP contribution in [0.2, 0.25) is 0 Å². The van der Waals surface area contributed by atoms with Crippen molar-refractivity contribution in [2.24, 2.45) is 0 Å². The number of allylic oxidation sites excluding steroid dienone is 1. The molecule has 0 bridgehead atoms. The topological polar surface area (TPSA) is 94.9 Å². The Morgan fingerprint density at radius 1 is 0.906 bits per heavy atom. The second kappa shape index (κ2) is 10.4. The number of nitrogens with zero attached hydrogens (tertiary/aromatic N) is 2. The van der Waals surface area contributed by atoms with Gasteiger partial charge in [0.2, 0.25) is 5.75 Å². The van der Waals surface area contributed by atoms with Crippen molar-refractivity contribution in [3.8, 4) is 46.1 Å². The fourth-order valence-corrected chi connectivity index (χ4v) is 3.78. The van der Waals surface area contributed by atoms with E-state index in [0.29, 0.717) is 45.0 Å². The van der Waals surface area contributed by atoms with Crippen LogP contribution in [0.5, 0.6) is 28.7 Å². The van der Waals surface area contributed by atoms with Crippen molar-refractivity contribution in [2.45, 2.75) is 0 Å². The largest absolute Gasteiger partial charge is 0.493 e. The molecule has 0 aliphatic carbocycles. The molecule has 3 rings (SSSR count). The second-order valence-electron chi connectivity index (χ2n) is 6.34. The van der Waals surface area contributed by atoms with Gasteiger partial charge >= 0.3 is 0 Å². The molecule has 0 amide bonds. The number of aromatic nitrogens is 1. The van der Waals surface area contributed by atoms with E-state index in [1.807, 2.05) is 23.6 Å². The van der Waals surface area contributed by atoms with E-state index in [4.69, 9.17) is 23.7 Å². The van der Waals surface area contributed by atoms with Crippen LogP contribution in [0.25, 0.3) is 16.8 Å². The van der Waals surface area contributed by atoms with Crippen LogP contribution in [0.1, 0.15) is 5.01 Å². The molecule has 0 saturated carbocycles. The molecular formula is C23H23N3O5S. The van der Waals surface area contributed by atoms with Crippen molar-refractivity contribution >= 4 is 22.6 Å². The van der Waals surface area contributed by atoms with E-state index in [-0.39, 0.29) is 0 Å². The van der Waals surface area contributed by atoms with Crippen molar-refractivity contribution in [1.29, 1.82) is 5.26 Å². The molecule has 0 unspecified atom stereocenters. The minimum atomic E-state index is 0.385. The summed E-state index contributed by atoms with van der Waals surface area (Å²) in [7, 11) is 7.80. The van der Waals surface area contributed by atoms with Crippen LogP contribution in [0.15, 0.2) is 41.9 Å². The van der Waals surface area contributed by atoms with Gasteiger partial charge in [0.15, 0.2) is 23.0 Å². The van der Waals surface area contributed by atoms with Crippen LogP contribution in [0, 0.1) is 11.3 Å². The van der Waals surface area contributed by atoms with Gasteiger partial charge in [-0.15, -0.1) is 11.3 Å². The number of ether oxygens (including phenoxy) is 5. The van der Waals surface area contributed by atoms with E-state index in [1.54, 1.807) is 53.9 Å². The standard InChI is InChI=1S/C23H23N3O5S/c1-27-18-7-6-14(8-19(18)28-2)17-13-32-23(26-17)15(11-24)12-25-16-9-20(29-3)22(31-5)21(10-16)30-4/h6-10,12-13,25H,1-5H3/b15-12+. The molecule has 0 spiro atoms. The van der Waals surface area contributed by atoms with Crippen molar-refractivity contribution in [3.63, 3.8) is 0 Å². The first kappa shape index (κ1) is 22.8. The van der Waals surface area contributed by atoms with Gasteiger partial charge in [0.25, 0.3) is 0 Å². The zero-order chi connectivity index (χ0) is 23.1. The number of hydrogen-bond acceptors (Lipinski definition) is 9. The van der Waals surface area contributed by atoms with Crippen LogP contribution < -0.4 is 29.0 Å². The van der Waals surface area contributed by atoms with Crippen molar-refractivity contribution in [3.05, 3.63) is 46.9 Å². The third-order valence-electron chi connectivity index (χ3n) is 4.58. The molecule has 0 saturated heterocycles. The maximum absolute atomic E-state index is 9.67. The van der Waals surface area contributed by atoms with Gasteiger partial charge in [-0.25, -0.2) is 4.98 Å². The van der Waals surface area contributed by atoms with Gasteiger partial charge in [-0.1, -0.05) is 0 Å². The lowest BCUT2D eigenvalue weighted by Gasteiger charge is -2.14. The molecule has 166 valence electrons. The molecule has 8 nitrogen and oxygen atoms in total. The minimum Gasteiger partial charge on any atom is -0.493 e. The Morgan fingerprint density at radius 2 is 1.56 bits per heavy atom. The Hall–Kier alpha value is -3.90. The average molecular weight is 454 g/mol. The monoisotopic (exact) mass is 453 g/mol. The maximum Gasteiger partial charge on any atom is 0.203 e. The van der Waals surface area contributed by atoms with E-state index in [1.165, 1.54) is 11.3 Å². The van der Waals surface area contributed by atoms with E-state index < -0.39 is 0 Å². The van der Waals surface area contributed by atoms with Gasteiger partial charge in [-0.3, -0.25) is 0 Å². The summed E-state index contributed by atoms with van der Waals surface area (Å²) in [5.41, 5.74) is 2.65. The molecule has 0 fully saturated rings. The Labute approximate surface area is 190 Å². The quantitative estimate of drug-likeness (QED) is 0.461. The molecule has 2 aromatic carbocycles. The summed E-state index contributed by atoms with van der Waals surface area (Å²) in [5.74, 6) is 2.75. The zero-order valence-electron chi connectivity index (χ0n) is 18.4. The summed E-state index contributed by atoms with van der Waals surface area (Å²) in [4.78, 5) is 4.61. The fraction of sp³-hybridized carbons (Fsp3) is 0.217. The van der Waals surface area contributed by atoms with Crippen molar-refractivity contribution in [2.75, 3.05) is 40.9 Å². The molecule has 0 radical (unpaired) electrons. The second-order valence-corrected chi connectivity index (χ2v) is 7.19. The van der Waals surface area contributed by atoms with Gasteiger partial charge in [-0.2, -0.15) is 5.26 Å². The van der Waals surface area contributed by atoms with Gasteiger partial charge in [-0.05, 0) is 18.2 Å². The van der Waals surface area contributed by atoms with Gasteiger partial charge in [0.1, 0.15) is 16.6 Å². The first-order valence-electron chi connectivity index (χ1n) is 9.43.